The first-order valence-electron chi connectivity index (χ1n) is 5.04. The number of ether oxygens (including phenoxy) is 1. The van der Waals surface area contributed by atoms with Gasteiger partial charge >= 0.3 is 6.18 Å². The van der Waals surface area contributed by atoms with Gasteiger partial charge in [0.2, 0.25) is 0 Å². The van der Waals surface area contributed by atoms with Crippen LogP contribution in [0.3, 0.4) is 0 Å². The Hall–Kier alpha value is -0.940. The van der Waals surface area contributed by atoms with E-state index in [1.807, 2.05) is 0 Å². The summed E-state index contributed by atoms with van der Waals surface area (Å²) in [6.07, 6.45) is -5.20. The van der Waals surface area contributed by atoms with Gasteiger partial charge in [0, 0.05) is 11.1 Å². The van der Waals surface area contributed by atoms with Crippen LogP contribution in [-0.2, 0) is 0 Å². The smallest absolute Gasteiger partial charge is 0.392 e. The predicted octanol–water partition coefficient (Wildman–Crippen LogP) is 3.69. The van der Waals surface area contributed by atoms with E-state index in [1.165, 1.54) is 6.07 Å². The zero-order valence-electron chi connectivity index (χ0n) is 9.22. The Kier molecular flexibility index (Phi) is 4.65. The Morgan fingerprint density at radius 3 is 2.53 bits per heavy atom. The molecule has 0 fully saturated rings. The van der Waals surface area contributed by atoms with Gasteiger partial charge in [0.1, 0.15) is 5.75 Å². The third kappa shape index (κ3) is 4.83. The summed E-state index contributed by atoms with van der Waals surface area (Å²) >= 11 is 5.91. The van der Waals surface area contributed by atoms with Crippen LogP contribution in [0.2, 0.25) is 5.02 Å². The van der Waals surface area contributed by atoms with Crippen LogP contribution in [0.4, 0.5) is 13.2 Å². The van der Waals surface area contributed by atoms with Gasteiger partial charge in [0.15, 0.2) is 0 Å². The lowest BCUT2D eigenvalue weighted by molar-refractivity contribution is -0.139. The fraction of sp³-hybridized carbons (Fsp3) is 0.455. The second-order valence-corrected chi connectivity index (χ2v) is 4.09. The number of alkyl halides is 3. The molecule has 2 N–H and O–H groups in total. The van der Waals surface area contributed by atoms with Crippen molar-refractivity contribution in [3.8, 4) is 5.75 Å². The van der Waals surface area contributed by atoms with Crippen molar-refractivity contribution in [1.82, 2.24) is 0 Å². The monoisotopic (exact) mass is 267 g/mol. The molecule has 6 heteroatoms. The molecule has 0 bridgehead atoms. The van der Waals surface area contributed by atoms with Gasteiger partial charge in [-0.05, 0) is 24.6 Å². The van der Waals surface area contributed by atoms with Crippen LogP contribution in [0.25, 0.3) is 0 Å². The van der Waals surface area contributed by atoms with Crippen molar-refractivity contribution in [2.75, 3.05) is 6.61 Å². The van der Waals surface area contributed by atoms with Crippen LogP contribution in [-0.4, -0.2) is 12.8 Å². The lowest BCUT2D eigenvalue weighted by Gasteiger charge is -2.12. The number of hydrogen-bond acceptors (Lipinski definition) is 2. The molecule has 96 valence electrons. The van der Waals surface area contributed by atoms with Crippen molar-refractivity contribution in [1.29, 1.82) is 0 Å². The Balaban J connectivity index is 2.59. The van der Waals surface area contributed by atoms with Gasteiger partial charge in [-0.2, -0.15) is 13.2 Å². The van der Waals surface area contributed by atoms with Gasteiger partial charge < -0.3 is 10.5 Å². The van der Waals surface area contributed by atoms with Crippen molar-refractivity contribution in [2.45, 2.75) is 25.6 Å². The highest BCUT2D eigenvalue weighted by atomic mass is 35.5. The normalized spacial score (nSPS) is 13.5. The zero-order valence-corrected chi connectivity index (χ0v) is 9.98. The average Bonchev–Trinajstić information content (AvgIpc) is 2.15. The molecule has 0 amide bonds. The minimum absolute atomic E-state index is 0.230. The molecule has 17 heavy (non-hydrogen) atoms. The standard InChI is InChI=1S/C11H13ClF3NO/c1-7(16)9-3-2-8(6-10(9)12)17-5-4-11(13,14)15/h2-3,6-7H,4-5,16H2,1H3. The summed E-state index contributed by atoms with van der Waals surface area (Å²) in [5.74, 6) is 0.309. The molecule has 1 aromatic rings. The van der Waals surface area contributed by atoms with Crippen molar-refractivity contribution < 1.29 is 17.9 Å². The molecule has 0 saturated carbocycles. The largest absolute Gasteiger partial charge is 0.493 e. The van der Waals surface area contributed by atoms with E-state index in [9.17, 15) is 13.2 Å². The highest BCUT2D eigenvalue weighted by molar-refractivity contribution is 6.31. The highest BCUT2D eigenvalue weighted by Crippen LogP contribution is 2.27. The zero-order chi connectivity index (χ0) is 13.1. The van der Waals surface area contributed by atoms with E-state index < -0.39 is 19.2 Å². The van der Waals surface area contributed by atoms with E-state index in [1.54, 1.807) is 19.1 Å². The quantitative estimate of drug-likeness (QED) is 0.903. The maximum Gasteiger partial charge on any atom is 0.392 e. The van der Waals surface area contributed by atoms with Crippen LogP contribution in [0.15, 0.2) is 18.2 Å². The molecule has 1 unspecified atom stereocenters. The molecule has 1 atom stereocenters. The van der Waals surface area contributed by atoms with E-state index in [4.69, 9.17) is 22.1 Å². The first-order chi connectivity index (χ1) is 7.79. The molecule has 0 aromatic heterocycles. The number of rotatable bonds is 4. The van der Waals surface area contributed by atoms with E-state index in [-0.39, 0.29) is 6.04 Å². The van der Waals surface area contributed by atoms with E-state index in [0.29, 0.717) is 10.8 Å². The van der Waals surface area contributed by atoms with Gasteiger partial charge in [0.25, 0.3) is 0 Å². The van der Waals surface area contributed by atoms with Crippen molar-refractivity contribution >= 4 is 11.6 Å². The summed E-state index contributed by atoms with van der Waals surface area (Å²) in [7, 11) is 0. The molecule has 0 aliphatic carbocycles. The first-order valence-corrected chi connectivity index (χ1v) is 5.42. The van der Waals surface area contributed by atoms with Gasteiger partial charge in [-0.3, -0.25) is 0 Å². The maximum atomic E-state index is 11.9. The lowest BCUT2D eigenvalue weighted by atomic mass is 10.1. The highest BCUT2D eigenvalue weighted by Gasteiger charge is 2.26. The van der Waals surface area contributed by atoms with E-state index in [2.05, 4.69) is 0 Å². The third-order valence-corrected chi connectivity index (χ3v) is 2.44. The summed E-state index contributed by atoms with van der Waals surface area (Å²) in [5, 5.41) is 0.393. The van der Waals surface area contributed by atoms with E-state index in [0.717, 1.165) is 5.56 Å². The van der Waals surface area contributed by atoms with Crippen LogP contribution in [0.5, 0.6) is 5.75 Å². The molecular weight excluding hydrogens is 255 g/mol. The molecule has 2 nitrogen and oxygen atoms in total. The number of nitrogens with two attached hydrogens (primary N) is 1. The van der Waals surface area contributed by atoms with Crippen molar-refractivity contribution in [2.24, 2.45) is 5.73 Å². The van der Waals surface area contributed by atoms with E-state index >= 15 is 0 Å². The molecule has 0 aliphatic rings. The molecule has 0 spiro atoms. The second-order valence-electron chi connectivity index (χ2n) is 3.69. The molecule has 1 rings (SSSR count). The molecule has 0 aliphatic heterocycles. The third-order valence-electron chi connectivity index (χ3n) is 2.12. The maximum absolute atomic E-state index is 11.9. The topological polar surface area (TPSA) is 35.2 Å². The summed E-state index contributed by atoms with van der Waals surface area (Å²) in [5.41, 5.74) is 6.38. The van der Waals surface area contributed by atoms with Crippen LogP contribution in [0, 0.1) is 0 Å². The molecule has 0 radical (unpaired) electrons. The lowest BCUT2D eigenvalue weighted by Crippen LogP contribution is -2.13. The minimum atomic E-state index is -4.21. The Morgan fingerprint density at radius 2 is 2.06 bits per heavy atom. The predicted molar refractivity (Wildman–Crippen MR) is 60.2 cm³/mol. The Bertz CT molecular complexity index is 379. The fourth-order valence-electron chi connectivity index (χ4n) is 1.25. The molecule has 0 saturated heterocycles. The van der Waals surface area contributed by atoms with Crippen molar-refractivity contribution in [3.63, 3.8) is 0 Å². The second kappa shape index (κ2) is 5.60. The summed E-state index contributed by atoms with van der Waals surface area (Å²) in [4.78, 5) is 0. The molecular formula is C11H13ClF3NO. The minimum Gasteiger partial charge on any atom is -0.493 e. The van der Waals surface area contributed by atoms with Gasteiger partial charge in [-0.15, -0.1) is 0 Å². The van der Waals surface area contributed by atoms with Crippen LogP contribution < -0.4 is 10.5 Å². The summed E-state index contributed by atoms with van der Waals surface area (Å²) in [6.45, 7) is 1.35. The SMILES string of the molecule is CC(N)c1ccc(OCCC(F)(F)F)cc1Cl. The average molecular weight is 268 g/mol. The Labute approximate surface area is 103 Å². The number of halogens is 4. The van der Waals surface area contributed by atoms with Gasteiger partial charge in [-0.25, -0.2) is 0 Å². The molecule has 1 aromatic carbocycles. The number of hydrogen-bond donors (Lipinski definition) is 1. The van der Waals surface area contributed by atoms with Gasteiger partial charge in [-0.1, -0.05) is 17.7 Å². The van der Waals surface area contributed by atoms with Crippen LogP contribution >= 0.6 is 11.6 Å². The summed E-state index contributed by atoms with van der Waals surface area (Å²) in [6, 6.07) is 4.44. The molecule has 0 heterocycles. The first kappa shape index (κ1) is 14.1. The summed E-state index contributed by atoms with van der Waals surface area (Å²) < 4.78 is 40.6. The van der Waals surface area contributed by atoms with Crippen LogP contribution in [0.1, 0.15) is 24.9 Å². The number of benzene rings is 1. The Morgan fingerprint density at radius 1 is 1.41 bits per heavy atom. The fourth-order valence-corrected chi connectivity index (χ4v) is 1.59. The van der Waals surface area contributed by atoms with Gasteiger partial charge in [0.05, 0.1) is 13.0 Å². The van der Waals surface area contributed by atoms with Crippen molar-refractivity contribution in [3.05, 3.63) is 28.8 Å².